The second kappa shape index (κ2) is 10.4. The molecule has 0 aliphatic rings. The number of rotatable bonds is 6. The highest BCUT2D eigenvalue weighted by atomic mass is 127. The third-order valence-electron chi connectivity index (χ3n) is 2.98. The molecule has 4 nitrogen and oxygen atoms in total. The number of aryl methyl sites for hydroxylation is 1. The smallest absolute Gasteiger partial charge is 0.191 e. The maximum Gasteiger partial charge on any atom is 0.191 e. The zero-order valence-electron chi connectivity index (χ0n) is 14.6. The summed E-state index contributed by atoms with van der Waals surface area (Å²) in [6, 6.07) is 4.75. The molecule has 1 rings (SSSR count). The molecule has 6 heteroatoms. The first-order valence-electron chi connectivity index (χ1n) is 7.57. The van der Waals surface area contributed by atoms with Crippen LogP contribution in [0, 0.1) is 6.92 Å². The zero-order valence-corrected chi connectivity index (χ0v) is 17.8. The molecule has 1 aromatic rings. The fourth-order valence-corrected chi connectivity index (χ4v) is 3.01. The lowest BCUT2D eigenvalue weighted by Gasteiger charge is -2.22. The fourth-order valence-electron chi connectivity index (χ4n) is 1.99. The molecule has 0 aliphatic heterocycles. The van der Waals surface area contributed by atoms with Crippen molar-refractivity contribution in [2.24, 2.45) is 4.99 Å². The number of hydrogen-bond donors (Lipinski definition) is 3. The van der Waals surface area contributed by atoms with E-state index in [2.05, 4.69) is 67.7 Å². The first-order valence-corrected chi connectivity index (χ1v) is 8.39. The van der Waals surface area contributed by atoms with Gasteiger partial charge in [0.2, 0.25) is 0 Å². The minimum atomic E-state index is 0. The van der Waals surface area contributed by atoms with E-state index < -0.39 is 0 Å². The van der Waals surface area contributed by atoms with Crippen molar-refractivity contribution in [1.29, 1.82) is 0 Å². The molecule has 0 aliphatic carbocycles. The van der Waals surface area contributed by atoms with Crippen LogP contribution in [-0.4, -0.2) is 37.7 Å². The van der Waals surface area contributed by atoms with E-state index in [0.29, 0.717) is 6.04 Å². The van der Waals surface area contributed by atoms with Crippen LogP contribution in [0.1, 0.15) is 37.4 Å². The Labute approximate surface area is 156 Å². The van der Waals surface area contributed by atoms with Crippen molar-refractivity contribution in [3.05, 3.63) is 21.9 Å². The number of guanidine groups is 1. The van der Waals surface area contributed by atoms with Gasteiger partial charge in [-0.15, -0.1) is 35.3 Å². The lowest BCUT2D eigenvalue weighted by atomic mass is 10.1. The Morgan fingerprint density at radius 3 is 2.45 bits per heavy atom. The molecule has 22 heavy (non-hydrogen) atoms. The lowest BCUT2D eigenvalue weighted by Crippen LogP contribution is -2.47. The number of nitrogens with one attached hydrogen (secondary N) is 3. The summed E-state index contributed by atoms with van der Waals surface area (Å²) in [5, 5.41) is 10.2. The van der Waals surface area contributed by atoms with Gasteiger partial charge in [0, 0.05) is 47.9 Å². The van der Waals surface area contributed by atoms with Gasteiger partial charge in [-0.05, 0) is 46.8 Å². The summed E-state index contributed by atoms with van der Waals surface area (Å²) in [4.78, 5) is 7.06. The zero-order chi connectivity index (χ0) is 15.9. The normalized spacial score (nSPS) is 13.5. The summed E-state index contributed by atoms with van der Waals surface area (Å²) in [7, 11) is 1.81. The summed E-state index contributed by atoms with van der Waals surface area (Å²) in [5.74, 6) is 0.867. The van der Waals surface area contributed by atoms with Crippen molar-refractivity contribution in [1.82, 2.24) is 16.0 Å². The van der Waals surface area contributed by atoms with Crippen molar-refractivity contribution < 1.29 is 0 Å². The van der Waals surface area contributed by atoms with E-state index in [-0.39, 0.29) is 29.5 Å². The van der Waals surface area contributed by atoms with E-state index in [9.17, 15) is 0 Å². The van der Waals surface area contributed by atoms with Gasteiger partial charge < -0.3 is 16.0 Å². The first kappa shape index (κ1) is 21.7. The second-order valence-corrected chi connectivity index (χ2v) is 7.81. The van der Waals surface area contributed by atoms with E-state index >= 15 is 0 Å². The molecule has 1 aromatic heterocycles. The lowest BCUT2D eigenvalue weighted by molar-refractivity contribution is 0.428. The second-order valence-electron chi connectivity index (χ2n) is 6.44. The van der Waals surface area contributed by atoms with Crippen LogP contribution in [0.2, 0.25) is 0 Å². The first-order chi connectivity index (χ1) is 9.80. The molecule has 0 bridgehead atoms. The van der Waals surface area contributed by atoms with Gasteiger partial charge in [0.25, 0.3) is 0 Å². The van der Waals surface area contributed by atoms with Crippen molar-refractivity contribution in [2.45, 2.75) is 52.6 Å². The molecule has 1 atom stereocenters. The Balaban J connectivity index is 0.00000441. The number of thiophene rings is 1. The van der Waals surface area contributed by atoms with Crippen LogP contribution in [0.4, 0.5) is 0 Å². The molecule has 0 spiro atoms. The third-order valence-corrected chi connectivity index (χ3v) is 4.01. The van der Waals surface area contributed by atoms with Gasteiger partial charge in [-0.1, -0.05) is 0 Å². The molecule has 128 valence electrons. The van der Waals surface area contributed by atoms with E-state index in [0.717, 1.165) is 25.5 Å². The van der Waals surface area contributed by atoms with Gasteiger partial charge in [0.1, 0.15) is 0 Å². The number of halogens is 1. The van der Waals surface area contributed by atoms with E-state index in [1.807, 2.05) is 18.4 Å². The van der Waals surface area contributed by atoms with Gasteiger partial charge >= 0.3 is 0 Å². The topological polar surface area (TPSA) is 48.5 Å². The Morgan fingerprint density at radius 1 is 1.27 bits per heavy atom. The Hall–Kier alpha value is -0.340. The average molecular weight is 438 g/mol. The molecule has 0 saturated carbocycles. The number of hydrogen-bond acceptors (Lipinski definition) is 3. The van der Waals surface area contributed by atoms with Crippen molar-refractivity contribution in [3.63, 3.8) is 0 Å². The SMILES string of the molecule is CN=C(NCCNC(C)(C)C)NC(C)Cc1ccc(C)s1.I. The van der Waals surface area contributed by atoms with Gasteiger partial charge in [0.05, 0.1) is 0 Å². The minimum absolute atomic E-state index is 0. The summed E-state index contributed by atoms with van der Waals surface area (Å²) in [6.07, 6.45) is 1.03. The molecule has 3 N–H and O–H groups in total. The fraction of sp³-hybridized carbons (Fsp3) is 0.688. The molecule has 1 unspecified atom stereocenters. The molecule has 1 heterocycles. The summed E-state index contributed by atoms with van der Waals surface area (Å²) >= 11 is 1.86. The van der Waals surface area contributed by atoms with Crippen molar-refractivity contribution in [3.8, 4) is 0 Å². The Bertz CT molecular complexity index is 451. The van der Waals surface area contributed by atoms with Gasteiger partial charge in [-0.2, -0.15) is 0 Å². The molecule has 0 radical (unpaired) electrons. The predicted molar refractivity (Wildman–Crippen MR) is 110 cm³/mol. The number of aliphatic imine (C=N–C) groups is 1. The third kappa shape index (κ3) is 9.63. The monoisotopic (exact) mass is 438 g/mol. The maximum atomic E-state index is 4.28. The molecular weight excluding hydrogens is 407 g/mol. The predicted octanol–water partition coefficient (Wildman–Crippen LogP) is 3.16. The number of nitrogens with zero attached hydrogens (tertiary/aromatic N) is 1. The molecule has 0 amide bonds. The average Bonchev–Trinajstić information content (AvgIpc) is 2.77. The van der Waals surface area contributed by atoms with Crippen molar-refractivity contribution in [2.75, 3.05) is 20.1 Å². The largest absolute Gasteiger partial charge is 0.355 e. The molecule has 0 fully saturated rings. The summed E-state index contributed by atoms with van der Waals surface area (Å²) in [6.45, 7) is 12.6. The minimum Gasteiger partial charge on any atom is -0.355 e. The molecule has 0 saturated heterocycles. The van der Waals surface area contributed by atoms with Crippen LogP contribution in [-0.2, 0) is 6.42 Å². The van der Waals surface area contributed by atoms with Crippen molar-refractivity contribution >= 4 is 41.3 Å². The quantitative estimate of drug-likeness (QED) is 0.277. The van der Waals surface area contributed by atoms with Crippen LogP contribution < -0.4 is 16.0 Å². The van der Waals surface area contributed by atoms with Gasteiger partial charge in [-0.3, -0.25) is 4.99 Å². The standard InChI is InChI=1S/C16H30N4S.HI/c1-12(11-14-8-7-13(2)21-14)20-15(17-6)18-9-10-19-16(3,4)5;/h7-8,12,19H,9-11H2,1-6H3,(H2,17,18,20);1H. The molecular formula is C16H31IN4S. The molecule has 0 aromatic carbocycles. The maximum absolute atomic E-state index is 4.28. The van der Waals surface area contributed by atoms with Gasteiger partial charge in [0.15, 0.2) is 5.96 Å². The highest BCUT2D eigenvalue weighted by molar-refractivity contribution is 14.0. The van der Waals surface area contributed by atoms with Crippen LogP contribution in [0.3, 0.4) is 0 Å². The van der Waals surface area contributed by atoms with E-state index in [4.69, 9.17) is 0 Å². The highest BCUT2D eigenvalue weighted by Gasteiger charge is 2.09. The van der Waals surface area contributed by atoms with Gasteiger partial charge in [-0.25, -0.2) is 0 Å². The summed E-state index contributed by atoms with van der Waals surface area (Å²) < 4.78 is 0. The van der Waals surface area contributed by atoms with Crippen LogP contribution in [0.5, 0.6) is 0 Å². The van der Waals surface area contributed by atoms with Crippen LogP contribution in [0.25, 0.3) is 0 Å². The summed E-state index contributed by atoms with van der Waals surface area (Å²) in [5.41, 5.74) is 0.156. The van der Waals surface area contributed by atoms with E-state index in [1.54, 1.807) is 0 Å². The Morgan fingerprint density at radius 2 is 1.95 bits per heavy atom. The Kier molecular flexibility index (Phi) is 10.3. The highest BCUT2D eigenvalue weighted by Crippen LogP contribution is 2.16. The van der Waals surface area contributed by atoms with E-state index in [1.165, 1.54) is 9.75 Å². The van der Waals surface area contributed by atoms with Crippen LogP contribution in [0.15, 0.2) is 17.1 Å². The van der Waals surface area contributed by atoms with Crippen LogP contribution >= 0.6 is 35.3 Å².